The van der Waals surface area contributed by atoms with Gasteiger partial charge in [0.05, 0.1) is 22.2 Å². The van der Waals surface area contributed by atoms with Crippen LogP contribution < -0.4 is 5.32 Å². The first-order chi connectivity index (χ1) is 13.2. The number of carbonyl (C=O) groups excluding carboxylic acids is 1. The summed E-state index contributed by atoms with van der Waals surface area (Å²) in [6.45, 7) is 10.4. The fraction of sp³-hybridized carbons (Fsp3) is 0.500. The molecule has 3 aromatic heterocycles. The van der Waals surface area contributed by atoms with Gasteiger partial charge in [0.25, 0.3) is 5.91 Å². The molecule has 0 aliphatic heterocycles. The van der Waals surface area contributed by atoms with Gasteiger partial charge in [0, 0.05) is 17.7 Å². The number of thiophene rings is 1. The zero-order valence-corrected chi connectivity index (χ0v) is 18.1. The van der Waals surface area contributed by atoms with E-state index in [0.717, 1.165) is 41.7 Å². The van der Waals surface area contributed by atoms with Crippen molar-refractivity contribution in [3.8, 4) is 0 Å². The van der Waals surface area contributed by atoms with Gasteiger partial charge in [-0.3, -0.25) is 4.79 Å². The molecule has 0 radical (unpaired) electrons. The molecule has 0 aromatic carbocycles. The van der Waals surface area contributed by atoms with Crippen molar-refractivity contribution in [2.24, 2.45) is 0 Å². The number of aryl methyl sites for hydroxylation is 1. The van der Waals surface area contributed by atoms with Crippen molar-refractivity contribution in [1.29, 1.82) is 0 Å². The Morgan fingerprint density at radius 2 is 2.14 bits per heavy atom. The molecule has 1 N–H and O–H groups in total. The smallest absolute Gasteiger partial charge is 0.252 e. The minimum Gasteiger partial charge on any atom is -0.349 e. The molecule has 1 saturated carbocycles. The molecule has 0 spiro atoms. The number of amides is 1. The number of hydrogen-bond donors (Lipinski definition) is 1. The van der Waals surface area contributed by atoms with Crippen molar-refractivity contribution >= 4 is 28.3 Å². The van der Waals surface area contributed by atoms with Crippen molar-refractivity contribution in [3.05, 3.63) is 45.4 Å². The zero-order chi connectivity index (χ0) is 20.1. The molecule has 0 saturated heterocycles. The molecule has 0 bridgehead atoms. The average molecular weight is 397 g/mol. The predicted octanol–water partition coefficient (Wildman–Crippen LogP) is 4.79. The Morgan fingerprint density at radius 3 is 2.75 bits per heavy atom. The van der Waals surface area contributed by atoms with Crippen LogP contribution in [0.25, 0.3) is 11.0 Å². The van der Waals surface area contributed by atoms with E-state index in [1.54, 1.807) is 11.3 Å². The quantitative estimate of drug-likeness (QED) is 0.674. The van der Waals surface area contributed by atoms with E-state index in [4.69, 9.17) is 10.1 Å². The van der Waals surface area contributed by atoms with E-state index >= 15 is 0 Å². The van der Waals surface area contributed by atoms with Crippen molar-refractivity contribution < 1.29 is 4.79 Å². The average Bonchev–Trinajstić information content (AvgIpc) is 3.24. The number of nitrogens with one attached hydrogen (secondary N) is 1. The second-order valence-corrected chi connectivity index (χ2v) is 9.73. The van der Waals surface area contributed by atoms with E-state index in [0.29, 0.717) is 11.5 Å². The molecule has 1 unspecified atom stereocenters. The predicted molar refractivity (Wildman–Crippen MR) is 114 cm³/mol. The van der Waals surface area contributed by atoms with Crippen LogP contribution in [0.2, 0.25) is 0 Å². The molecule has 1 aliphatic rings. The molecule has 1 fully saturated rings. The second kappa shape index (κ2) is 6.99. The number of hydrogen-bond acceptors (Lipinski definition) is 4. The topological polar surface area (TPSA) is 59.8 Å². The highest BCUT2D eigenvalue weighted by Crippen LogP contribution is 2.41. The van der Waals surface area contributed by atoms with Gasteiger partial charge >= 0.3 is 0 Å². The Hall–Kier alpha value is -2.21. The molecule has 4 rings (SSSR count). The number of pyridine rings is 1. The molecular weight excluding hydrogens is 368 g/mol. The lowest BCUT2D eigenvalue weighted by atomic mass is 10.0. The number of carbonyl (C=O) groups is 1. The van der Waals surface area contributed by atoms with Crippen LogP contribution in [0, 0.1) is 6.92 Å². The van der Waals surface area contributed by atoms with Gasteiger partial charge in [-0.1, -0.05) is 0 Å². The van der Waals surface area contributed by atoms with Crippen molar-refractivity contribution in [2.75, 3.05) is 0 Å². The number of aromatic nitrogens is 3. The third kappa shape index (κ3) is 3.70. The standard InChI is InChI=1S/C22H28N4OS/c1-13(10-15-8-9-28-12-15)23-21(27)17-11-18(16-6-7-16)24-20-19(17)14(2)25-26(20)22(3,4)5/h8-9,11-13,16H,6-7,10H2,1-5H3,(H,23,27). The maximum absolute atomic E-state index is 13.2. The fourth-order valence-corrected chi connectivity index (χ4v) is 4.34. The summed E-state index contributed by atoms with van der Waals surface area (Å²) in [5.41, 5.74) is 4.47. The van der Waals surface area contributed by atoms with Crippen LogP contribution in [0.5, 0.6) is 0 Å². The van der Waals surface area contributed by atoms with Gasteiger partial charge in [0.1, 0.15) is 0 Å². The highest BCUT2D eigenvalue weighted by molar-refractivity contribution is 7.07. The molecule has 1 amide bonds. The van der Waals surface area contributed by atoms with Crippen LogP contribution in [-0.4, -0.2) is 26.7 Å². The van der Waals surface area contributed by atoms with E-state index < -0.39 is 0 Å². The second-order valence-electron chi connectivity index (χ2n) is 8.95. The van der Waals surface area contributed by atoms with Gasteiger partial charge in [0.2, 0.25) is 0 Å². The van der Waals surface area contributed by atoms with Gasteiger partial charge in [-0.05, 0) is 82.3 Å². The van der Waals surface area contributed by atoms with Crippen molar-refractivity contribution in [2.45, 2.75) is 71.4 Å². The highest BCUT2D eigenvalue weighted by atomic mass is 32.1. The van der Waals surface area contributed by atoms with E-state index in [1.165, 1.54) is 5.56 Å². The molecule has 3 aromatic rings. The number of nitrogens with zero attached hydrogens (tertiary/aromatic N) is 3. The van der Waals surface area contributed by atoms with Crippen LogP contribution in [0.4, 0.5) is 0 Å². The third-order valence-electron chi connectivity index (χ3n) is 5.21. The molecule has 148 valence electrons. The molecule has 1 aliphatic carbocycles. The lowest BCUT2D eigenvalue weighted by Gasteiger charge is -2.20. The minimum absolute atomic E-state index is 0.0337. The van der Waals surface area contributed by atoms with Crippen molar-refractivity contribution in [3.63, 3.8) is 0 Å². The molecule has 28 heavy (non-hydrogen) atoms. The monoisotopic (exact) mass is 396 g/mol. The van der Waals surface area contributed by atoms with Crippen LogP contribution in [0.3, 0.4) is 0 Å². The lowest BCUT2D eigenvalue weighted by molar-refractivity contribution is 0.0941. The van der Waals surface area contributed by atoms with E-state index in [9.17, 15) is 4.79 Å². The Labute approximate surface area is 170 Å². The first-order valence-electron chi connectivity index (χ1n) is 9.96. The van der Waals surface area contributed by atoms with Gasteiger partial charge in [-0.2, -0.15) is 16.4 Å². The minimum atomic E-state index is -0.193. The van der Waals surface area contributed by atoms with Crippen LogP contribution in [-0.2, 0) is 12.0 Å². The number of rotatable bonds is 5. The van der Waals surface area contributed by atoms with E-state index in [-0.39, 0.29) is 17.5 Å². The molecule has 6 heteroatoms. The summed E-state index contributed by atoms with van der Waals surface area (Å²) in [5.74, 6) is 0.441. The van der Waals surface area contributed by atoms with E-state index in [1.807, 2.05) is 17.7 Å². The Kier molecular flexibility index (Phi) is 4.78. The summed E-state index contributed by atoms with van der Waals surface area (Å²) in [4.78, 5) is 18.2. The third-order valence-corrected chi connectivity index (χ3v) is 5.94. The summed E-state index contributed by atoms with van der Waals surface area (Å²) < 4.78 is 1.97. The molecule has 1 atom stereocenters. The van der Waals surface area contributed by atoms with Gasteiger partial charge in [-0.25, -0.2) is 9.67 Å². The van der Waals surface area contributed by atoms with Crippen LogP contribution >= 0.6 is 11.3 Å². The largest absolute Gasteiger partial charge is 0.349 e. The molecule has 3 heterocycles. The van der Waals surface area contributed by atoms with Gasteiger partial charge in [-0.15, -0.1) is 0 Å². The summed E-state index contributed by atoms with van der Waals surface area (Å²) in [6.07, 6.45) is 3.13. The Bertz CT molecular complexity index is 1010. The lowest BCUT2D eigenvalue weighted by Crippen LogP contribution is -2.34. The summed E-state index contributed by atoms with van der Waals surface area (Å²) in [6, 6.07) is 4.17. The number of fused-ring (bicyclic) bond motifs is 1. The maximum Gasteiger partial charge on any atom is 0.252 e. The van der Waals surface area contributed by atoms with Gasteiger partial charge in [0.15, 0.2) is 5.65 Å². The first kappa shape index (κ1) is 19.1. The van der Waals surface area contributed by atoms with E-state index in [2.05, 4.69) is 49.8 Å². The summed E-state index contributed by atoms with van der Waals surface area (Å²) in [5, 5.41) is 13.0. The fourth-order valence-electron chi connectivity index (χ4n) is 3.66. The van der Waals surface area contributed by atoms with Gasteiger partial charge < -0.3 is 5.32 Å². The zero-order valence-electron chi connectivity index (χ0n) is 17.2. The highest BCUT2D eigenvalue weighted by Gasteiger charge is 2.30. The SMILES string of the molecule is Cc1nn(C(C)(C)C)c2nc(C3CC3)cc(C(=O)NC(C)Cc3ccsc3)c12. The summed E-state index contributed by atoms with van der Waals surface area (Å²) >= 11 is 1.69. The molecule has 5 nitrogen and oxygen atoms in total. The Morgan fingerprint density at radius 1 is 1.39 bits per heavy atom. The van der Waals surface area contributed by atoms with Crippen molar-refractivity contribution in [1.82, 2.24) is 20.1 Å². The van der Waals surface area contributed by atoms with Crippen LogP contribution in [0.15, 0.2) is 22.9 Å². The normalized spacial score (nSPS) is 15.8. The van der Waals surface area contributed by atoms with Crippen LogP contribution in [0.1, 0.15) is 73.8 Å². The maximum atomic E-state index is 13.2. The molecular formula is C22H28N4OS. The first-order valence-corrected chi connectivity index (χ1v) is 10.9. The summed E-state index contributed by atoms with van der Waals surface area (Å²) in [7, 11) is 0. The Balaban J connectivity index is 1.72.